The first-order valence-corrected chi connectivity index (χ1v) is 5.54. The van der Waals surface area contributed by atoms with Crippen molar-refractivity contribution in [3.63, 3.8) is 0 Å². The first-order valence-electron chi connectivity index (χ1n) is 5.54. The van der Waals surface area contributed by atoms with E-state index < -0.39 is 5.82 Å². The van der Waals surface area contributed by atoms with Gasteiger partial charge in [0.25, 0.3) is 0 Å². The van der Waals surface area contributed by atoms with Gasteiger partial charge in [0.1, 0.15) is 0 Å². The minimum absolute atomic E-state index is 0.0939. The average Bonchev–Trinajstić information content (AvgIpc) is 2.46. The molecule has 2 rings (SSSR count). The number of nitrogens with zero attached hydrogens (tertiary/aromatic N) is 1. The Morgan fingerprint density at radius 1 is 1.16 bits per heavy atom. The van der Waals surface area contributed by atoms with Crippen LogP contribution in [0.2, 0.25) is 0 Å². The van der Waals surface area contributed by atoms with E-state index in [1.54, 1.807) is 24.3 Å². The van der Waals surface area contributed by atoms with Gasteiger partial charge in [0, 0.05) is 11.1 Å². The largest absolute Gasteiger partial charge is 0.494 e. The number of benzene rings is 2. The lowest BCUT2D eigenvalue weighted by atomic mass is 10.0. The summed E-state index contributed by atoms with van der Waals surface area (Å²) in [5.41, 5.74) is 1.11. The summed E-state index contributed by atoms with van der Waals surface area (Å²) in [6.07, 6.45) is 0. The summed E-state index contributed by atoms with van der Waals surface area (Å²) < 4.78 is 18.3. The van der Waals surface area contributed by atoms with Crippen molar-refractivity contribution in [3.8, 4) is 11.8 Å². The Hall–Kier alpha value is -2.67. The Bertz CT molecular complexity index is 657. The predicted molar refractivity (Wildman–Crippen MR) is 67.5 cm³/mol. The summed E-state index contributed by atoms with van der Waals surface area (Å²) in [5.74, 6) is -0.788. The van der Waals surface area contributed by atoms with Crippen LogP contribution in [0.25, 0.3) is 0 Å². The quantitative estimate of drug-likeness (QED) is 0.792. The van der Waals surface area contributed by atoms with Gasteiger partial charge in [-0.15, -0.1) is 0 Å². The molecule has 0 aliphatic heterocycles. The highest BCUT2D eigenvalue weighted by Crippen LogP contribution is 2.19. The molecule has 0 aromatic heterocycles. The summed E-state index contributed by atoms with van der Waals surface area (Å²) in [6.45, 7) is 0. The van der Waals surface area contributed by atoms with Crippen molar-refractivity contribution < 1.29 is 13.9 Å². The lowest BCUT2D eigenvalue weighted by molar-refractivity contribution is 0.103. The van der Waals surface area contributed by atoms with E-state index in [1.807, 2.05) is 6.07 Å². The van der Waals surface area contributed by atoms with E-state index in [2.05, 4.69) is 0 Å². The van der Waals surface area contributed by atoms with Crippen LogP contribution in [0, 0.1) is 17.1 Å². The zero-order chi connectivity index (χ0) is 13.8. The summed E-state index contributed by atoms with van der Waals surface area (Å²) in [4.78, 5) is 12.1. The Kier molecular flexibility index (Phi) is 3.58. The van der Waals surface area contributed by atoms with Gasteiger partial charge in [0.2, 0.25) is 0 Å². The number of methoxy groups -OCH3 is 1. The summed E-state index contributed by atoms with van der Waals surface area (Å²) in [7, 11) is 1.36. The molecule has 0 atom stereocenters. The summed E-state index contributed by atoms with van der Waals surface area (Å²) >= 11 is 0. The van der Waals surface area contributed by atoms with Gasteiger partial charge in [-0.05, 0) is 42.5 Å². The molecule has 19 heavy (non-hydrogen) atoms. The number of carbonyl (C=O) groups excluding carboxylic acids is 1. The maximum absolute atomic E-state index is 13.5. The molecule has 3 nitrogen and oxygen atoms in total. The van der Waals surface area contributed by atoms with Crippen LogP contribution in [0.5, 0.6) is 5.75 Å². The zero-order valence-electron chi connectivity index (χ0n) is 10.2. The number of hydrogen-bond donors (Lipinski definition) is 0. The fourth-order valence-corrected chi connectivity index (χ4v) is 1.67. The third kappa shape index (κ3) is 2.61. The van der Waals surface area contributed by atoms with Gasteiger partial charge < -0.3 is 4.74 Å². The monoisotopic (exact) mass is 255 g/mol. The van der Waals surface area contributed by atoms with Crippen LogP contribution in [0.3, 0.4) is 0 Å². The van der Waals surface area contributed by atoms with Crippen LogP contribution in [0.4, 0.5) is 4.39 Å². The highest BCUT2D eigenvalue weighted by atomic mass is 19.1. The van der Waals surface area contributed by atoms with E-state index in [0.29, 0.717) is 11.1 Å². The standard InChI is InChI=1S/C15H10FNO2/c1-19-14-7-6-12(8-13(14)16)15(18)11-4-2-10(9-17)3-5-11/h2-8H,1H3. The van der Waals surface area contributed by atoms with Crippen molar-refractivity contribution in [1.29, 1.82) is 5.26 Å². The molecule has 0 amide bonds. The van der Waals surface area contributed by atoms with Crippen LogP contribution in [0.15, 0.2) is 42.5 Å². The molecule has 0 N–H and O–H groups in total. The first kappa shape index (κ1) is 12.8. The highest BCUT2D eigenvalue weighted by Gasteiger charge is 2.12. The lowest BCUT2D eigenvalue weighted by Gasteiger charge is -2.05. The second-order valence-corrected chi connectivity index (χ2v) is 3.87. The van der Waals surface area contributed by atoms with Crippen LogP contribution >= 0.6 is 0 Å². The van der Waals surface area contributed by atoms with Crippen molar-refractivity contribution >= 4 is 5.78 Å². The molecule has 0 radical (unpaired) electrons. The molecule has 0 saturated carbocycles. The molecule has 2 aromatic carbocycles. The Morgan fingerprint density at radius 2 is 1.79 bits per heavy atom. The number of ether oxygens (including phenoxy) is 1. The molecule has 0 saturated heterocycles. The van der Waals surface area contributed by atoms with E-state index in [9.17, 15) is 9.18 Å². The Labute approximate surface area is 109 Å². The molecule has 0 spiro atoms. The molecule has 0 aliphatic carbocycles. The fourth-order valence-electron chi connectivity index (χ4n) is 1.67. The Morgan fingerprint density at radius 3 is 2.32 bits per heavy atom. The zero-order valence-corrected chi connectivity index (χ0v) is 10.2. The van der Waals surface area contributed by atoms with Crippen molar-refractivity contribution in [2.75, 3.05) is 7.11 Å². The molecular weight excluding hydrogens is 245 g/mol. The number of nitriles is 1. The smallest absolute Gasteiger partial charge is 0.193 e. The first-order chi connectivity index (χ1) is 9.15. The van der Waals surface area contributed by atoms with Crippen molar-refractivity contribution in [2.24, 2.45) is 0 Å². The van der Waals surface area contributed by atoms with Crippen LogP contribution in [-0.2, 0) is 0 Å². The molecule has 94 valence electrons. The second kappa shape index (κ2) is 5.32. The molecule has 0 heterocycles. The van der Waals surface area contributed by atoms with E-state index >= 15 is 0 Å². The number of rotatable bonds is 3. The van der Waals surface area contributed by atoms with Crippen LogP contribution in [-0.4, -0.2) is 12.9 Å². The number of ketones is 1. The van der Waals surface area contributed by atoms with Gasteiger partial charge in [-0.3, -0.25) is 4.79 Å². The van der Waals surface area contributed by atoms with E-state index in [-0.39, 0.29) is 17.1 Å². The van der Waals surface area contributed by atoms with E-state index in [0.717, 1.165) is 6.07 Å². The fraction of sp³-hybridized carbons (Fsp3) is 0.0667. The number of halogens is 1. The molecule has 0 bridgehead atoms. The van der Waals surface area contributed by atoms with Gasteiger partial charge in [0.05, 0.1) is 18.7 Å². The van der Waals surface area contributed by atoms with Crippen molar-refractivity contribution in [3.05, 3.63) is 65.0 Å². The van der Waals surface area contributed by atoms with Crippen LogP contribution < -0.4 is 4.74 Å². The third-order valence-electron chi connectivity index (χ3n) is 2.69. The Balaban J connectivity index is 2.33. The maximum Gasteiger partial charge on any atom is 0.193 e. The number of hydrogen-bond acceptors (Lipinski definition) is 3. The highest BCUT2D eigenvalue weighted by molar-refractivity contribution is 6.09. The molecule has 0 fully saturated rings. The SMILES string of the molecule is COc1ccc(C(=O)c2ccc(C#N)cc2)cc1F. The van der Waals surface area contributed by atoms with Gasteiger partial charge in [0.15, 0.2) is 17.3 Å². The van der Waals surface area contributed by atoms with Gasteiger partial charge in [-0.1, -0.05) is 0 Å². The lowest BCUT2D eigenvalue weighted by Crippen LogP contribution is -2.02. The molecular formula is C15H10FNO2. The molecule has 2 aromatic rings. The number of carbonyl (C=O) groups is 1. The van der Waals surface area contributed by atoms with E-state index in [4.69, 9.17) is 10.00 Å². The minimum Gasteiger partial charge on any atom is -0.494 e. The minimum atomic E-state index is -0.581. The second-order valence-electron chi connectivity index (χ2n) is 3.87. The maximum atomic E-state index is 13.5. The molecule has 0 aliphatic rings. The topological polar surface area (TPSA) is 50.1 Å². The molecule has 4 heteroatoms. The third-order valence-corrected chi connectivity index (χ3v) is 2.69. The summed E-state index contributed by atoms with van der Waals surface area (Å²) in [5, 5.41) is 8.68. The molecule has 0 unspecified atom stereocenters. The normalized spacial score (nSPS) is 9.74. The van der Waals surface area contributed by atoms with E-state index in [1.165, 1.54) is 19.2 Å². The summed E-state index contributed by atoms with van der Waals surface area (Å²) in [6, 6.07) is 12.2. The van der Waals surface area contributed by atoms with Crippen molar-refractivity contribution in [2.45, 2.75) is 0 Å². The van der Waals surface area contributed by atoms with Gasteiger partial charge >= 0.3 is 0 Å². The van der Waals surface area contributed by atoms with Crippen molar-refractivity contribution in [1.82, 2.24) is 0 Å². The predicted octanol–water partition coefficient (Wildman–Crippen LogP) is 2.94. The van der Waals surface area contributed by atoms with Gasteiger partial charge in [-0.2, -0.15) is 5.26 Å². The van der Waals surface area contributed by atoms with Gasteiger partial charge in [-0.25, -0.2) is 4.39 Å². The average molecular weight is 255 g/mol. The van der Waals surface area contributed by atoms with Crippen LogP contribution in [0.1, 0.15) is 21.5 Å².